The molecular weight excluding hydrogens is 418 g/mol. The lowest BCUT2D eigenvalue weighted by atomic mass is 9.90. The molecule has 0 bridgehead atoms. The smallest absolute Gasteiger partial charge is 0.253 e. The Kier molecular flexibility index (Phi) is 4.38. The van der Waals surface area contributed by atoms with Crippen molar-refractivity contribution in [1.29, 1.82) is 0 Å². The number of imide groups is 1. The maximum absolute atomic E-state index is 13.5. The van der Waals surface area contributed by atoms with E-state index in [1.165, 1.54) is 10.5 Å². The van der Waals surface area contributed by atoms with E-state index in [1.54, 1.807) is 0 Å². The predicted octanol–water partition coefficient (Wildman–Crippen LogP) is 3.55. The summed E-state index contributed by atoms with van der Waals surface area (Å²) in [6.07, 6.45) is 1.95. The minimum Gasteiger partial charge on any atom is -0.274 e. The van der Waals surface area contributed by atoms with Gasteiger partial charge in [-0.2, -0.15) is 0 Å². The number of hydrogen-bond acceptors (Lipinski definition) is 4. The Morgan fingerprint density at radius 1 is 0.893 bits per heavy atom. The number of nitrogens with zero attached hydrogens (tertiary/aromatic N) is 3. The fraction of sp³-hybridized carbons (Fsp3) is 0.364. The number of benzene rings is 2. The molecule has 0 saturated carbocycles. The first-order chi connectivity index (χ1) is 13.6. The molecule has 2 aromatic carbocycles. The molecule has 3 saturated heterocycles. The number of fused-ring (bicyclic) bond motifs is 3. The van der Waals surface area contributed by atoms with Crippen LogP contribution in [0.2, 0.25) is 0 Å². The predicted molar refractivity (Wildman–Crippen MR) is 111 cm³/mol. The molecule has 144 valence electrons. The van der Waals surface area contributed by atoms with Crippen molar-refractivity contribution in [2.45, 2.75) is 31.8 Å². The number of hydrazine groups is 1. The molecule has 0 aliphatic carbocycles. The van der Waals surface area contributed by atoms with E-state index in [2.05, 4.69) is 45.0 Å². The summed E-state index contributed by atoms with van der Waals surface area (Å²) in [5.41, 5.74) is 2.97. The summed E-state index contributed by atoms with van der Waals surface area (Å²) in [6, 6.07) is 15.4. The molecule has 3 heterocycles. The van der Waals surface area contributed by atoms with E-state index in [4.69, 9.17) is 0 Å². The van der Waals surface area contributed by atoms with Crippen LogP contribution in [0.3, 0.4) is 0 Å². The third kappa shape index (κ3) is 2.59. The molecule has 3 fully saturated rings. The Balaban J connectivity index is 1.55. The molecule has 0 aromatic heterocycles. The molecule has 2 amide bonds. The number of halogens is 1. The van der Waals surface area contributed by atoms with Gasteiger partial charge in [-0.25, -0.2) is 14.9 Å². The molecular formula is C22H22BrN3O2. The number of carbonyl (C=O) groups is 2. The summed E-state index contributed by atoms with van der Waals surface area (Å²) in [5.74, 6) is -0.535. The molecule has 5 rings (SSSR count). The zero-order valence-electron chi connectivity index (χ0n) is 15.7. The Labute approximate surface area is 173 Å². The van der Waals surface area contributed by atoms with E-state index < -0.39 is 6.04 Å². The van der Waals surface area contributed by atoms with Crippen molar-refractivity contribution in [1.82, 2.24) is 10.0 Å². The normalized spacial score (nSPS) is 27.5. The van der Waals surface area contributed by atoms with Gasteiger partial charge in [-0.15, -0.1) is 0 Å². The van der Waals surface area contributed by atoms with Crippen molar-refractivity contribution < 1.29 is 9.59 Å². The van der Waals surface area contributed by atoms with E-state index in [0.717, 1.165) is 36.0 Å². The second kappa shape index (κ2) is 6.79. The molecule has 5 nitrogen and oxygen atoms in total. The quantitative estimate of drug-likeness (QED) is 0.685. The van der Waals surface area contributed by atoms with Gasteiger partial charge in [-0.1, -0.05) is 47.1 Å². The molecule has 0 spiro atoms. The van der Waals surface area contributed by atoms with Gasteiger partial charge in [0.1, 0.15) is 6.04 Å². The van der Waals surface area contributed by atoms with E-state index in [1.807, 2.05) is 36.4 Å². The third-order valence-corrected chi connectivity index (χ3v) is 6.75. The maximum Gasteiger partial charge on any atom is 0.253 e. The molecule has 3 aliphatic heterocycles. The Bertz CT molecular complexity index is 928. The molecule has 3 aliphatic rings. The van der Waals surface area contributed by atoms with Crippen LogP contribution < -0.4 is 4.90 Å². The lowest BCUT2D eigenvalue weighted by Gasteiger charge is -2.29. The zero-order valence-corrected chi connectivity index (χ0v) is 17.3. The van der Waals surface area contributed by atoms with Crippen LogP contribution in [0.1, 0.15) is 30.5 Å². The number of rotatable bonds is 3. The summed E-state index contributed by atoms with van der Waals surface area (Å²) in [5, 5.41) is 4.38. The van der Waals surface area contributed by atoms with Gasteiger partial charge in [-0.05, 0) is 48.2 Å². The lowest BCUT2D eigenvalue weighted by Crippen LogP contribution is -2.44. The second-order valence-electron chi connectivity index (χ2n) is 7.68. The molecule has 0 unspecified atom stereocenters. The number of amides is 2. The third-order valence-electron chi connectivity index (χ3n) is 6.22. The Morgan fingerprint density at radius 2 is 1.54 bits per heavy atom. The highest BCUT2D eigenvalue weighted by Gasteiger charge is 2.62. The van der Waals surface area contributed by atoms with Crippen molar-refractivity contribution in [2.24, 2.45) is 5.92 Å². The SMILES string of the molecule is CCc1ccc(N2C(=O)[C@H]3[C@@H](c4ccc(Br)cc4)N4CCCN4[C@H]3C2=O)cc1. The Hall–Kier alpha value is -2.02. The number of carbonyl (C=O) groups excluding carboxylic acids is 2. The molecule has 3 atom stereocenters. The number of aryl methyl sites for hydroxylation is 1. The minimum absolute atomic E-state index is 0.0819. The standard InChI is InChI=1S/C22H22BrN3O2/c1-2-14-4-10-17(11-5-14)26-21(27)18-19(15-6-8-16(23)9-7-15)24-12-3-13-25(24)20(18)22(26)28/h4-11,18-20H,2-3,12-13H2,1H3/t18-,19+,20+/m0/s1. The number of anilines is 1. The van der Waals surface area contributed by atoms with Gasteiger partial charge in [0.25, 0.3) is 5.91 Å². The monoisotopic (exact) mass is 439 g/mol. The van der Waals surface area contributed by atoms with Gasteiger partial charge in [0.05, 0.1) is 17.6 Å². The van der Waals surface area contributed by atoms with Crippen molar-refractivity contribution in [3.63, 3.8) is 0 Å². The second-order valence-corrected chi connectivity index (χ2v) is 8.59. The van der Waals surface area contributed by atoms with E-state index in [-0.39, 0.29) is 23.8 Å². The lowest BCUT2D eigenvalue weighted by molar-refractivity contribution is -0.126. The van der Waals surface area contributed by atoms with Gasteiger partial charge in [0.2, 0.25) is 5.91 Å². The van der Waals surface area contributed by atoms with Gasteiger partial charge < -0.3 is 0 Å². The van der Waals surface area contributed by atoms with E-state index >= 15 is 0 Å². The van der Waals surface area contributed by atoms with Crippen LogP contribution >= 0.6 is 15.9 Å². The summed E-state index contributed by atoms with van der Waals surface area (Å²) >= 11 is 3.49. The van der Waals surface area contributed by atoms with E-state index in [9.17, 15) is 9.59 Å². The van der Waals surface area contributed by atoms with Crippen LogP contribution in [0.15, 0.2) is 53.0 Å². The first-order valence-electron chi connectivity index (χ1n) is 9.85. The van der Waals surface area contributed by atoms with Gasteiger partial charge in [-0.3, -0.25) is 9.59 Å². The first kappa shape index (κ1) is 18.0. The average Bonchev–Trinajstić information content (AvgIpc) is 3.35. The van der Waals surface area contributed by atoms with Crippen LogP contribution in [-0.2, 0) is 16.0 Å². The van der Waals surface area contributed by atoms with Crippen LogP contribution in [-0.4, -0.2) is 41.0 Å². The molecule has 0 N–H and O–H groups in total. The van der Waals surface area contributed by atoms with Crippen molar-refractivity contribution in [3.8, 4) is 0 Å². The van der Waals surface area contributed by atoms with Crippen molar-refractivity contribution in [2.75, 3.05) is 18.0 Å². The summed E-state index contributed by atoms with van der Waals surface area (Å²) in [7, 11) is 0. The van der Waals surface area contributed by atoms with Crippen molar-refractivity contribution >= 4 is 33.4 Å². The highest BCUT2D eigenvalue weighted by molar-refractivity contribution is 9.10. The van der Waals surface area contributed by atoms with Crippen LogP contribution in [0.25, 0.3) is 0 Å². The van der Waals surface area contributed by atoms with Gasteiger partial charge >= 0.3 is 0 Å². The van der Waals surface area contributed by atoms with Crippen LogP contribution in [0, 0.1) is 5.92 Å². The summed E-state index contributed by atoms with van der Waals surface area (Å²) in [6.45, 7) is 3.81. The van der Waals surface area contributed by atoms with E-state index in [0.29, 0.717) is 5.69 Å². The molecule has 28 heavy (non-hydrogen) atoms. The molecule has 6 heteroatoms. The highest BCUT2D eigenvalue weighted by atomic mass is 79.9. The average molecular weight is 440 g/mol. The Morgan fingerprint density at radius 3 is 2.18 bits per heavy atom. The van der Waals surface area contributed by atoms with Gasteiger partial charge in [0, 0.05) is 17.6 Å². The number of hydrogen-bond donors (Lipinski definition) is 0. The summed E-state index contributed by atoms with van der Waals surface area (Å²) < 4.78 is 1.01. The molecule has 0 radical (unpaired) electrons. The highest BCUT2D eigenvalue weighted by Crippen LogP contribution is 2.48. The fourth-order valence-corrected chi connectivity index (χ4v) is 5.17. The fourth-order valence-electron chi connectivity index (χ4n) is 4.91. The largest absolute Gasteiger partial charge is 0.274 e. The van der Waals surface area contributed by atoms with Gasteiger partial charge in [0.15, 0.2) is 0 Å². The minimum atomic E-state index is -0.394. The first-order valence-corrected chi connectivity index (χ1v) is 10.6. The van der Waals surface area contributed by atoms with Crippen LogP contribution in [0.5, 0.6) is 0 Å². The van der Waals surface area contributed by atoms with Crippen LogP contribution in [0.4, 0.5) is 5.69 Å². The summed E-state index contributed by atoms with van der Waals surface area (Å²) in [4.78, 5) is 28.2. The zero-order chi connectivity index (χ0) is 19.4. The topological polar surface area (TPSA) is 43.9 Å². The molecule has 2 aromatic rings. The maximum atomic E-state index is 13.5. The van der Waals surface area contributed by atoms with Crippen molar-refractivity contribution in [3.05, 3.63) is 64.1 Å².